The smallest absolute Gasteiger partial charge is 0.264 e. The maximum absolute atomic E-state index is 12.4. The molecule has 0 radical (unpaired) electrons. The van der Waals surface area contributed by atoms with Gasteiger partial charge < -0.3 is 15.1 Å². The third-order valence-electron chi connectivity index (χ3n) is 3.76. The first-order valence-corrected chi connectivity index (χ1v) is 7.36. The number of thiophene rings is 1. The molecule has 6 nitrogen and oxygen atoms in total. The monoisotopic (exact) mass is 293 g/mol. The van der Waals surface area contributed by atoms with E-state index in [1.54, 1.807) is 9.80 Å². The van der Waals surface area contributed by atoms with Gasteiger partial charge in [-0.3, -0.25) is 14.4 Å². The van der Waals surface area contributed by atoms with Crippen molar-refractivity contribution in [2.45, 2.75) is 13.0 Å². The summed E-state index contributed by atoms with van der Waals surface area (Å²) in [6.07, 6.45) is 0. The summed E-state index contributed by atoms with van der Waals surface area (Å²) in [4.78, 5) is 40.0. The Morgan fingerprint density at radius 1 is 1.40 bits per heavy atom. The number of carbonyl (C=O) groups is 3. The maximum Gasteiger partial charge on any atom is 0.264 e. The van der Waals surface area contributed by atoms with Crippen LogP contribution in [0.4, 0.5) is 0 Å². The van der Waals surface area contributed by atoms with Gasteiger partial charge in [0.25, 0.3) is 5.91 Å². The number of hydrogen-bond acceptors (Lipinski definition) is 4. The first kappa shape index (κ1) is 13.1. The summed E-state index contributed by atoms with van der Waals surface area (Å²) in [6.45, 7) is 3.14. The molecule has 2 aliphatic heterocycles. The Balaban J connectivity index is 1.78. The van der Waals surface area contributed by atoms with Gasteiger partial charge in [-0.2, -0.15) is 0 Å². The van der Waals surface area contributed by atoms with Crippen LogP contribution < -0.4 is 5.32 Å². The van der Waals surface area contributed by atoms with E-state index in [2.05, 4.69) is 5.32 Å². The molecule has 7 heteroatoms. The fourth-order valence-corrected chi connectivity index (χ4v) is 3.50. The predicted octanol–water partition coefficient (Wildman–Crippen LogP) is -0.161. The number of nitrogens with one attached hydrogen (secondary N) is 1. The van der Waals surface area contributed by atoms with Crippen LogP contribution in [0.15, 0.2) is 11.4 Å². The van der Waals surface area contributed by atoms with Gasteiger partial charge in [-0.05, 0) is 23.9 Å². The van der Waals surface area contributed by atoms with Gasteiger partial charge >= 0.3 is 0 Å². The standard InChI is InChI=1S/C13H15N3O3S/c1-8-2-5-20-11(8)13(19)15-3-4-16-9(7-15)12(18)14-6-10(16)17/h2,5,9H,3-4,6-7H2,1H3,(H,14,18)/t9-/m0/s1. The van der Waals surface area contributed by atoms with Crippen LogP contribution in [0.1, 0.15) is 15.2 Å². The minimum absolute atomic E-state index is 0.0528. The summed E-state index contributed by atoms with van der Waals surface area (Å²) in [5.41, 5.74) is 0.951. The third-order valence-corrected chi connectivity index (χ3v) is 4.77. The highest BCUT2D eigenvalue weighted by Gasteiger charge is 2.40. The van der Waals surface area contributed by atoms with Crippen LogP contribution in [0.2, 0.25) is 0 Å². The molecule has 0 unspecified atom stereocenters. The quantitative estimate of drug-likeness (QED) is 0.782. The van der Waals surface area contributed by atoms with Gasteiger partial charge in [0, 0.05) is 13.1 Å². The Bertz CT molecular complexity index is 583. The van der Waals surface area contributed by atoms with Crippen LogP contribution in [0, 0.1) is 6.92 Å². The lowest BCUT2D eigenvalue weighted by Gasteiger charge is -2.42. The van der Waals surface area contributed by atoms with E-state index in [1.807, 2.05) is 18.4 Å². The number of carbonyl (C=O) groups excluding carboxylic acids is 3. The minimum atomic E-state index is -0.547. The third kappa shape index (κ3) is 2.07. The molecule has 0 bridgehead atoms. The Morgan fingerprint density at radius 3 is 2.90 bits per heavy atom. The summed E-state index contributed by atoms with van der Waals surface area (Å²) in [7, 11) is 0. The molecule has 20 heavy (non-hydrogen) atoms. The Labute approximate surface area is 120 Å². The van der Waals surface area contributed by atoms with Crippen molar-refractivity contribution < 1.29 is 14.4 Å². The molecule has 3 rings (SSSR count). The molecule has 3 amide bonds. The second-order valence-electron chi connectivity index (χ2n) is 5.00. The molecule has 106 valence electrons. The van der Waals surface area contributed by atoms with E-state index in [1.165, 1.54) is 11.3 Å². The molecule has 2 saturated heterocycles. The summed E-state index contributed by atoms with van der Waals surface area (Å²) in [5.74, 6) is -0.304. The molecule has 3 heterocycles. The largest absolute Gasteiger partial charge is 0.345 e. The number of aryl methyl sites for hydroxylation is 1. The van der Waals surface area contributed by atoms with Gasteiger partial charge in [0.1, 0.15) is 6.04 Å². The predicted molar refractivity (Wildman–Crippen MR) is 73.5 cm³/mol. The van der Waals surface area contributed by atoms with E-state index in [9.17, 15) is 14.4 Å². The zero-order valence-electron chi connectivity index (χ0n) is 11.1. The van der Waals surface area contributed by atoms with E-state index < -0.39 is 6.04 Å². The van der Waals surface area contributed by atoms with Crippen molar-refractivity contribution in [3.8, 4) is 0 Å². The molecular formula is C13H15N3O3S. The molecule has 2 fully saturated rings. The molecular weight excluding hydrogens is 278 g/mol. The summed E-state index contributed by atoms with van der Waals surface area (Å²) < 4.78 is 0. The molecule has 1 aromatic heterocycles. The molecule has 1 N–H and O–H groups in total. The average Bonchev–Trinajstić information content (AvgIpc) is 2.88. The first-order chi connectivity index (χ1) is 9.58. The van der Waals surface area contributed by atoms with Crippen LogP contribution >= 0.6 is 11.3 Å². The van der Waals surface area contributed by atoms with Crippen LogP contribution in [0.5, 0.6) is 0 Å². The fraction of sp³-hybridized carbons (Fsp3) is 0.462. The maximum atomic E-state index is 12.4. The summed E-state index contributed by atoms with van der Waals surface area (Å²) in [6, 6.07) is 1.36. The topological polar surface area (TPSA) is 69.7 Å². The number of fused-ring (bicyclic) bond motifs is 1. The Morgan fingerprint density at radius 2 is 2.20 bits per heavy atom. The van der Waals surface area contributed by atoms with Crippen molar-refractivity contribution in [1.29, 1.82) is 0 Å². The molecule has 2 aliphatic rings. The molecule has 0 aromatic carbocycles. The highest BCUT2D eigenvalue weighted by Crippen LogP contribution is 2.21. The Hall–Kier alpha value is -1.89. The molecule has 0 spiro atoms. The number of nitrogens with zero attached hydrogens (tertiary/aromatic N) is 2. The van der Waals surface area contributed by atoms with E-state index in [4.69, 9.17) is 0 Å². The first-order valence-electron chi connectivity index (χ1n) is 6.48. The van der Waals surface area contributed by atoms with E-state index in [0.717, 1.165) is 5.56 Å². The average molecular weight is 293 g/mol. The van der Waals surface area contributed by atoms with Crippen LogP contribution in [-0.2, 0) is 9.59 Å². The summed E-state index contributed by atoms with van der Waals surface area (Å²) in [5, 5.41) is 4.46. The molecule has 1 atom stereocenters. The van der Waals surface area contributed by atoms with Crippen molar-refractivity contribution in [2.75, 3.05) is 26.2 Å². The van der Waals surface area contributed by atoms with E-state index in [-0.39, 0.29) is 30.8 Å². The normalized spacial score (nSPS) is 22.6. The van der Waals surface area contributed by atoms with Gasteiger partial charge in [0.2, 0.25) is 11.8 Å². The lowest BCUT2D eigenvalue weighted by molar-refractivity contribution is -0.148. The van der Waals surface area contributed by atoms with Crippen LogP contribution in [0.3, 0.4) is 0 Å². The lowest BCUT2D eigenvalue weighted by atomic mass is 10.1. The van der Waals surface area contributed by atoms with Gasteiger partial charge in [-0.15, -0.1) is 11.3 Å². The minimum Gasteiger partial charge on any atom is -0.345 e. The SMILES string of the molecule is Cc1ccsc1C(=O)N1CCN2C(=O)CNC(=O)[C@@H]2C1. The van der Waals surface area contributed by atoms with Crippen molar-refractivity contribution >= 4 is 29.1 Å². The number of amides is 3. The van der Waals surface area contributed by atoms with Crippen molar-refractivity contribution in [2.24, 2.45) is 0 Å². The zero-order chi connectivity index (χ0) is 14.3. The molecule has 1 aromatic rings. The second-order valence-corrected chi connectivity index (χ2v) is 5.92. The van der Waals surface area contributed by atoms with Crippen LogP contribution in [0.25, 0.3) is 0 Å². The second kappa shape index (κ2) is 4.90. The Kier molecular flexibility index (Phi) is 3.21. The highest BCUT2D eigenvalue weighted by atomic mass is 32.1. The molecule has 0 saturated carbocycles. The number of piperazine rings is 2. The summed E-state index contributed by atoms with van der Waals surface area (Å²) >= 11 is 1.41. The zero-order valence-corrected chi connectivity index (χ0v) is 11.9. The number of rotatable bonds is 1. The van der Waals surface area contributed by atoms with Crippen molar-refractivity contribution in [3.63, 3.8) is 0 Å². The highest BCUT2D eigenvalue weighted by molar-refractivity contribution is 7.12. The van der Waals surface area contributed by atoms with Gasteiger partial charge in [0.15, 0.2) is 0 Å². The van der Waals surface area contributed by atoms with Crippen molar-refractivity contribution in [1.82, 2.24) is 15.1 Å². The lowest BCUT2D eigenvalue weighted by Crippen LogP contribution is -2.66. The van der Waals surface area contributed by atoms with Crippen molar-refractivity contribution in [3.05, 3.63) is 21.9 Å². The van der Waals surface area contributed by atoms with E-state index >= 15 is 0 Å². The fourth-order valence-electron chi connectivity index (χ4n) is 2.61. The van der Waals surface area contributed by atoms with Crippen LogP contribution in [-0.4, -0.2) is 59.7 Å². The molecule has 0 aliphatic carbocycles. The number of hydrogen-bond donors (Lipinski definition) is 1. The van der Waals surface area contributed by atoms with Gasteiger partial charge in [-0.1, -0.05) is 0 Å². The van der Waals surface area contributed by atoms with Gasteiger partial charge in [0.05, 0.1) is 18.0 Å². The van der Waals surface area contributed by atoms with E-state index in [0.29, 0.717) is 18.0 Å². The van der Waals surface area contributed by atoms with Gasteiger partial charge in [-0.25, -0.2) is 0 Å².